The summed E-state index contributed by atoms with van der Waals surface area (Å²) < 4.78 is 4.04. The molecule has 3 fully saturated rings. The Kier molecular flexibility index (Phi) is 46.6. The molecule has 4 rings (SSSR count). The number of cyclic esters (lactones) is 2. The molecule has 0 spiro atoms. The molecule has 0 aromatic heterocycles. The third-order valence-corrected chi connectivity index (χ3v) is 12.2. The van der Waals surface area contributed by atoms with Gasteiger partial charge in [0.25, 0.3) is 35.4 Å². The number of Topliss-reactive ketones (excluding diaryl/α,β-unsaturated/α-hetero) is 1. The molecule has 0 aromatic carbocycles. The van der Waals surface area contributed by atoms with Gasteiger partial charge < -0.3 is 114 Å². The number of carbonyl (C=O) groups is 27. The number of carboxylic acids is 9. The van der Waals surface area contributed by atoms with Crippen molar-refractivity contribution in [2.24, 2.45) is 11.5 Å². The van der Waals surface area contributed by atoms with Crippen LogP contribution in [0.3, 0.4) is 0 Å². The lowest BCUT2D eigenvalue weighted by Crippen LogP contribution is -2.36. The Labute approximate surface area is 635 Å². The fourth-order valence-electron chi connectivity index (χ4n) is 7.19. The third kappa shape index (κ3) is 44.1. The van der Waals surface area contributed by atoms with E-state index in [1.54, 1.807) is 7.05 Å². The summed E-state index contributed by atoms with van der Waals surface area (Å²) in [5.74, 6) is -29.1. The van der Waals surface area contributed by atoms with Crippen LogP contribution in [0.5, 0.6) is 0 Å². The Bertz CT molecular complexity index is 3910. The quantitative estimate of drug-likeness (QED) is 0.00692. The number of carbonyl (C=O) groups excluding carboxylic acids is 18. The zero-order chi connectivity index (χ0) is 87.8. The Balaban J connectivity index is 0. The number of amides is 13. The lowest BCUT2D eigenvalue weighted by Gasteiger charge is -2.12. The number of hydrogen-bond acceptors (Lipinski definition) is 34. The predicted octanol–water partition coefficient (Wildman–Crippen LogP) is -8.94. The smallest absolute Gasteiger partial charge is 0.342 e. The van der Waals surface area contributed by atoms with Gasteiger partial charge in [0.1, 0.15) is 5.78 Å². The maximum absolute atomic E-state index is 12.0. The minimum Gasteiger partial charge on any atom is -0.481 e. The summed E-state index contributed by atoms with van der Waals surface area (Å²) in [7, 11) is 1.57. The van der Waals surface area contributed by atoms with Crippen LogP contribution >= 0.6 is 0 Å². The van der Waals surface area contributed by atoms with Crippen LogP contribution in [0.25, 0.3) is 0 Å². The standard InChI is InChI=1S/C21H20N4O14.C16H22N4O8.C13H14N2O10.C6H4O5.C4H5NO3.CH6N2/c26-12(5-10(20(34)35)7-18(32)38-24-14(28)1-2-15(24)29)22-9-23-13(27)6-11(21(36)37)8-19(33)39-25-16(30)3-4-17(25)31;1-9(21)3-10(15(25)26)4-13(23)19-8-20-14(24)6-11(16(27)28)5-12(22)18-7-17-2;16-8(1-6(12(22)23)3-10(18)19)14-5-15-9(17)2-7(13(24)25)4-11(20)21;7-4(8)1-3-2-5(9)11-6(3)10;6-3-1-2-4(7)5(3)8;2-1-3/h5-6H,1-4,7-9H2,(H,22,26)(H,23,27)(H,34,35)(H,36,37);4,6,17H,3,5,7-8H2,1-2H3,(H,18,22)(H,19,23)(H,20,24)(H,25,26)(H,27,28);1-2H,3-5H2,(H,14,16)(H,15,17)(H,18,19)(H,20,21)(H,22,23)(H,24,25);2H,1H2,(H,7,8);8H,1-2H2;1-3H2/b10-5-,11-6-;10-4-,11-6-;6-1-,7-2-;;;. The van der Waals surface area contributed by atoms with E-state index in [9.17, 15) is 140 Å². The number of nitrogens with one attached hydrogen (secondary N) is 8. The Hall–Kier alpha value is -15.3. The normalized spacial score (nSPS) is 13.8. The fourth-order valence-corrected chi connectivity index (χ4v) is 7.19. The summed E-state index contributed by atoms with van der Waals surface area (Å²) in [6.45, 7) is -0.0895. The van der Waals surface area contributed by atoms with Crippen LogP contribution in [0, 0.1) is 0 Å². The second kappa shape index (κ2) is 52.7. The number of nitrogens with two attached hydrogens (primary N) is 2. The number of hydrogen-bond donors (Lipinski definition) is 20. The molecule has 0 bridgehead atoms. The van der Waals surface area contributed by atoms with Gasteiger partial charge in [-0.25, -0.2) is 47.9 Å². The van der Waals surface area contributed by atoms with Crippen molar-refractivity contribution < 1.29 is 195 Å². The Morgan fingerprint density at radius 1 is 0.395 bits per heavy atom. The zero-order valence-corrected chi connectivity index (χ0v) is 59.0. The van der Waals surface area contributed by atoms with Crippen molar-refractivity contribution in [1.82, 2.24) is 57.7 Å². The van der Waals surface area contributed by atoms with Crippen molar-refractivity contribution in [3.05, 3.63) is 81.5 Å². The van der Waals surface area contributed by atoms with Gasteiger partial charge in [-0.15, -0.1) is 10.1 Å². The molecular weight excluding hydrogens is 1550 g/mol. The molecule has 22 N–H and O–H groups in total. The molecule has 0 atom stereocenters. The van der Waals surface area contributed by atoms with E-state index in [1.165, 1.54) is 6.92 Å². The SMILES string of the molecule is CNCNC(=O)C/C(=C/C(=O)NCNC(=O)/C=C(/CC(C)=O)C(=O)O)C(=O)O.NCN.O=C(/C=C(/CC(=O)ON1C(=O)CCC1=O)C(=O)O)NCNC(=O)/C=C(/CC(=O)ON1C(=O)CCC1=O)C(=O)O.O=C(O)C/C(=C/C(=O)NCNC(=O)/C=C(/CC(=O)O)C(=O)O)C(=O)O.O=C(O)CC1=CC(=O)OC1=O.O=C1CCC(=O)N1O. The first-order valence-electron chi connectivity index (χ1n) is 31.0. The number of esters is 2. The van der Waals surface area contributed by atoms with Crippen LogP contribution in [-0.2, 0) is 144 Å². The molecule has 620 valence electrons. The van der Waals surface area contributed by atoms with E-state index < -0.39 is 259 Å². The highest BCUT2D eigenvalue weighted by Crippen LogP contribution is 2.17. The summed E-state index contributed by atoms with van der Waals surface area (Å²) in [6, 6.07) is 0. The molecule has 0 radical (unpaired) electrons. The van der Waals surface area contributed by atoms with Gasteiger partial charge in [-0.1, -0.05) is 0 Å². The van der Waals surface area contributed by atoms with Crippen LogP contribution in [0.15, 0.2) is 81.5 Å². The molecule has 4 aliphatic rings. The van der Waals surface area contributed by atoms with Gasteiger partial charge in [-0.05, 0) is 14.0 Å². The summed E-state index contributed by atoms with van der Waals surface area (Å²) >= 11 is 0. The lowest BCUT2D eigenvalue weighted by atomic mass is 10.1. The molecule has 53 heteroatoms. The van der Waals surface area contributed by atoms with Crippen molar-refractivity contribution in [3.8, 4) is 0 Å². The van der Waals surface area contributed by atoms with E-state index in [-0.39, 0.29) is 72.6 Å². The van der Waals surface area contributed by atoms with Gasteiger partial charge in [0, 0.05) is 99.7 Å². The number of aliphatic carboxylic acids is 9. The fraction of sp³-hybridized carbons (Fsp3) is 0.328. The summed E-state index contributed by atoms with van der Waals surface area (Å²) in [5, 5.41) is 105. The van der Waals surface area contributed by atoms with Gasteiger partial charge in [0.15, 0.2) is 0 Å². The average Bonchev–Trinajstić information content (AvgIpc) is 1.74. The number of rotatable bonds is 36. The van der Waals surface area contributed by atoms with Crippen molar-refractivity contribution in [2.45, 2.75) is 90.4 Å². The van der Waals surface area contributed by atoms with E-state index >= 15 is 0 Å². The molecule has 3 saturated heterocycles. The molecule has 4 heterocycles. The number of ether oxygens (including phenoxy) is 1. The molecule has 4 aliphatic heterocycles. The van der Waals surface area contributed by atoms with E-state index in [2.05, 4.69) is 47.1 Å². The first-order chi connectivity index (χ1) is 53.1. The highest BCUT2D eigenvalue weighted by atomic mass is 16.7. The predicted molar refractivity (Wildman–Crippen MR) is 355 cm³/mol. The van der Waals surface area contributed by atoms with Gasteiger partial charge >= 0.3 is 77.6 Å². The number of ketones is 1. The third-order valence-electron chi connectivity index (χ3n) is 12.2. The first kappa shape index (κ1) is 101. The molecule has 13 amide bonds. The van der Waals surface area contributed by atoms with Crippen molar-refractivity contribution >= 4 is 160 Å². The van der Waals surface area contributed by atoms with Gasteiger partial charge in [-0.3, -0.25) is 86.7 Å². The lowest BCUT2D eigenvalue weighted by molar-refractivity contribution is -0.197. The first-order valence-corrected chi connectivity index (χ1v) is 31.0. The number of hydroxylamine groups is 6. The maximum Gasteiger partial charge on any atom is 0.342 e. The van der Waals surface area contributed by atoms with Gasteiger partial charge in [0.2, 0.25) is 41.4 Å². The number of imide groups is 3. The number of nitrogens with zero attached hydrogens (tertiary/aromatic N) is 3. The largest absolute Gasteiger partial charge is 0.481 e. The molecular formula is C61H71N13O40. The van der Waals surface area contributed by atoms with Gasteiger partial charge in [0.05, 0.1) is 98.6 Å². The highest BCUT2D eigenvalue weighted by molar-refractivity contribution is 6.11. The second-order valence-electron chi connectivity index (χ2n) is 21.2. The summed E-state index contributed by atoms with van der Waals surface area (Å²) in [5.41, 5.74) is 5.30. The van der Waals surface area contributed by atoms with Crippen LogP contribution in [0.1, 0.15) is 90.4 Å². The summed E-state index contributed by atoms with van der Waals surface area (Å²) in [4.78, 5) is 310. The second-order valence-corrected chi connectivity index (χ2v) is 21.2. The van der Waals surface area contributed by atoms with Crippen molar-refractivity contribution in [1.29, 1.82) is 0 Å². The van der Waals surface area contributed by atoms with Gasteiger partial charge in [-0.2, -0.15) is 5.06 Å². The van der Waals surface area contributed by atoms with Crippen LogP contribution in [0.2, 0.25) is 0 Å². The Morgan fingerprint density at radius 2 is 0.658 bits per heavy atom. The van der Waals surface area contributed by atoms with Crippen molar-refractivity contribution in [2.75, 3.05) is 40.4 Å². The molecule has 0 aliphatic carbocycles. The Morgan fingerprint density at radius 3 is 0.877 bits per heavy atom. The van der Waals surface area contributed by atoms with E-state index in [4.69, 9.17) is 41.0 Å². The van der Waals surface area contributed by atoms with E-state index in [0.717, 1.165) is 6.08 Å². The molecule has 0 saturated carbocycles. The van der Waals surface area contributed by atoms with E-state index in [0.29, 0.717) is 36.5 Å². The molecule has 53 nitrogen and oxygen atoms in total. The minimum absolute atomic E-state index is 0.109. The highest BCUT2D eigenvalue weighted by Gasteiger charge is 2.35. The van der Waals surface area contributed by atoms with E-state index in [1.807, 2.05) is 21.3 Å². The molecule has 0 unspecified atom stereocenters. The molecule has 0 aromatic rings. The van der Waals surface area contributed by atoms with Crippen molar-refractivity contribution in [3.63, 3.8) is 0 Å². The van der Waals surface area contributed by atoms with Crippen LogP contribution in [0.4, 0.5) is 0 Å². The molecule has 114 heavy (non-hydrogen) atoms. The van der Waals surface area contributed by atoms with Crippen LogP contribution in [-0.4, -0.2) is 267 Å². The number of carboxylic acid groups (broad SMARTS) is 9. The topological polar surface area (TPSA) is 849 Å². The minimum atomic E-state index is -1.71. The van der Waals surface area contributed by atoms with Crippen LogP contribution < -0.4 is 54.0 Å². The summed E-state index contributed by atoms with van der Waals surface area (Å²) in [6.07, 6.45) is -1.39. The maximum atomic E-state index is 12.0. The monoisotopic (exact) mass is 1630 g/mol. The average molecular weight is 1630 g/mol. The zero-order valence-electron chi connectivity index (χ0n) is 59.0.